The van der Waals surface area contributed by atoms with Crippen molar-refractivity contribution in [3.8, 4) is 0 Å². The molecule has 0 aliphatic heterocycles. The van der Waals surface area contributed by atoms with Crippen molar-refractivity contribution in [2.24, 2.45) is 11.8 Å². The molecule has 0 aliphatic rings. The van der Waals surface area contributed by atoms with Gasteiger partial charge in [0.25, 0.3) is 0 Å². The van der Waals surface area contributed by atoms with Crippen LogP contribution < -0.4 is 0 Å². The van der Waals surface area contributed by atoms with E-state index in [1.807, 2.05) is 0 Å². The van der Waals surface area contributed by atoms with Gasteiger partial charge >= 0.3 is 5.97 Å². The van der Waals surface area contributed by atoms with Crippen LogP contribution in [0.5, 0.6) is 0 Å². The molecule has 0 aromatic rings. The molecular weight excluding hydrogens is 144 g/mol. The quantitative estimate of drug-likeness (QED) is 0.597. The highest BCUT2D eigenvalue weighted by molar-refractivity contribution is 5.72. The highest BCUT2D eigenvalue weighted by Gasteiger charge is 2.25. The monoisotopic (exact) mass is 158 g/mol. The summed E-state index contributed by atoms with van der Waals surface area (Å²) < 4.78 is 0. The summed E-state index contributed by atoms with van der Waals surface area (Å²) in [7, 11) is 0. The van der Waals surface area contributed by atoms with Crippen molar-refractivity contribution in [1.29, 1.82) is 0 Å². The third-order valence-electron chi connectivity index (χ3n) is 1.59. The van der Waals surface area contributed by atoms with Gasteiger partial charge in [-0.3, -0.25) is 4.79 Å². The Morgan fingerprint density at radius 3 is 2.09 bits per heavy atom. The molecule has 0 rings (SSSR count). The molecule has 2 N–H and O–H groups in total. The summed E-state index contributed by atoms with van der Waals surface area (Å²) in [5.41, 5.74) is 0. The van der Waals surface area contributed by atoms with Crippen molar-refractivity contribution in [3.63, 3.8) is 0 Å². The second-order valence-corrected chi connectivity index (χ2v) is 2.83. The number of carbonyl (C=O) groups is 1. The largest absolute Gasteiger partial charge is 0.481 e. The molecule has 0 aromatic carbocycles. The number of rotatable bonds is 4. The first-order chi connectivity index (χ1) is 5.00. The molecule has 3 nitrogen and oxygen atoms in total. The maximum atomic E-state index is 10.4. The number of hydrogen-bond donors (Lipinski definition) is 2. The summed E-state index contributed by atoms with van der Waals surface area (Å²) >= 11 is 0. The van der Waals surface area contributed by atoms with Crippen LogP contribution in [-0.2, 0) is 4.79 Å². The molecule has 11 heavy (non-hydrogen) atoms. The lowest BCUT2D eigenvalue weighted by Crippen LogP contribution is -2.30. The molecule has 0 unspecified atom stereocenters. The Labute approximate surface area is 66.4 Å². The van der Waals surface area contributed by atoms with Gasteiger partial charge in [-0.25, -0.2) is 0 Å². The minimum absolute atomic E-state index is 0.0610. The minimum atomic E-state index is -1.03. The first-order valence-electron chi connectivity index (χ1n) is 3.54. The van der Waals surface area contributed by atoms with Gasteiger partial charge in [0, 0.05) is 0 Å². The molecule has 0 amide bonds. The molecule has 0 aliphatic carbocycles. The second kappa shape index (κ2) is 4.13. The van der Waals surface area contributed by atoms with Gasteiger partial charge in [0.1, 0.15) is 5.92 Å². The van der Waals surface area contributed by atoms with Gasteiger partial charge in [-0.1, -0.05) is 19.9 Å². The van der Waals surface area contributed by atoms with Gasteiger partial charge in [-0.2, -0.15) is 0 Å². The lowest BCUT2D eigenvalue weighted by Gasteiger charge is -2.18. The summed E-state index contributed by atoms with van der Waals surface area (Å²) in [6.45, 7) is 6.88. The van der Waals surface area contributed by atoms with E-state index < -0.39 is 18.0 Å². The maximum Gasteiger partial charge on any atom is 0.313 e. The summed E-state index contributed by atoms with van der Waals surface area (Å²) in [5.74, 6) is -1.94. The summed E-state index contributed by atoms with van der Waals surface area (Å²) in [4.78, 5) is 10.4. The number of carboxylic acids is 1. The van der Waals surface area contributed by atoms with Crippen LogP contribution in [-0.4, -0.2) is 22.3 Å². The Balaban J connectivity index is 4.25. The van der Waals surface area contributed by atoms with Gasteiger partial charge in [0.15, 0.2) is 0 Å². The van der Waals surface area contributed by atoms with Crippen molar-refractivity contribution < 1.29 is 15.0 Å². The molecule has 0 heterocycles. The van der Waals surface area contributed by atoms with Crippen LogP contribution in [0.15, 0.2) is 12.7 Å². The molecule has 0 aromatic heterocycles. The van der Waals surface area contributed by atoms with Gasteiger partial charge in [-0.15, -0.1) is 6.58 Å². The number of aliphatic hydroxyl groups is 1. The predicted octanol–water partition coefficient (Wildman–Crippen LogP) is 0.890. The average Bonchev–Trinajstić information content (AvgIpc) is 1.88. The highest BCUT2D eigenvalue weighted by atomic mass is 16.4. The molecule has 3 heteroatoms. The number of aliphatic carboxylic acids is 1. The Hall–Kier alpha value is -0.830. The van der Waals surface area contributed by atoms with E-state index in [4.69, 9.17) is 5.11 Å². The zero-order valence-corrected chi connectivity index (χ0v) is 6.82. The normalized spacial score (nSPS) is 16.0. The van der Waals surface area contributed by atoms with Crippen molar-refractivity contribution >= 4 is 5.97 Å². The third-order valence-corrected chi connectivity index (χ3v) is 1.59. The zero-order chi connectivity index (χ0) is 9.02. The second-order valence-electron chi connectivity index (χ2n) is 2.83. The summed E-state index contributed by atoms with van der Waals surface area (Å²) in [6, 6.07) is 0. The van der Waals surface area contributed by atoms with E-state index in [1.165, 1.54) is 6.08 Å². The number of carboxylic acid groups (broad SMARTS) is 1. The van der Waals surface area contributed by atoms with Crippen LogP contribution in [0.25, 0.3) is 0 Å². The van der Waals surface area contributed by atoms with Crippen molar-refractivity contribution in [3.05, 3.63) is 12.7 Å². The smallest absolute Gasteiger partial charge is 0.313 e. The molecule has 64 valence electrons. The molecular formula is C8H14O3. The lowest BCUT2D eigenvalue weighted by atomic mass is 9.94. The van der Waals surface area contributed by atoms with Gasteiger partial charge in [0.2, 0.25) is 0 Å². The summed E-state index contributed by atoms with van der Waals surface area (Å²) in [5, 5.41) is 17.9. The van der Waals surface area contributed by atoms with Crippen molar-refractivity contribution in [2.45, 2.75) is 20.0 Å². The van der Waals surface area contributed by atoms with Gasteiger partial charge in [0.05, 0.1) is 6.10 Å². The number of aliphatic hydroxyl groups excluding tert-OH is 1. The standard InChI is InChI=1S/C8H14O3/c1-4-6(8(10)11)7(9)5(2)3/h4-7,9H,1H2,2-3H3,(H,10,11)/t6-,7+/m1/s1. The van der Waals surface area contributed by atoms with Crippen LogP contribution in [0.3, 0.4) is 0 Å². The molecule has 0 bridgehead atoms. The Morgan fingerprint density at radius 2 is 2.00 bits per heavy atom. The Morgan fingerprint density at radius 1 is 1.55 bits per heavy atom. The first-order valence-corrected chi connectivity index (χ1v) is 3.54. The maximum absolute atomic E-state index is 10.4. The number of hydrogen-bond acceptors (Lipinski definition) is 2. The molecule has 0 radical (unpaired) electrons. The highest BCUT2D eigenvalue weighted by Crippen LogP contribution is 2.13. The fraction of sp³-hybridized carbons (Fsp3) is 0.625. The van der Waals surface area contributed by atoms with E-state index in [2.05, 4.69) is 6.58 Å². The van der Waals surface area contributed by atoms with Crippen molar-refractivity contribution in [1.82, 2.24) is 0 Å². The lowest BCUT2D eigenvalue weighted by molar-refractivity contribution is -0.144. The Kier molecular flexibility index (Phi) is 3.82. The van der Waals surface area contributed by atoms with Crippen LogP contribution in [0.4, 0.5) is 0 Å². The van der Waals surface area contributed by atoms with E-state index in [0.717, 1.165) is 0 Å². The van der Waals surface area contributed by atoms with Crippen LogP contribution in [0, 0.1) is 11.8 Å². The van der Waals surface area contributed by atoms with E-state index in [0.29, 0.717) is 0 Å². The fourth-order valence-corrected chi connectivity index (χ4v) is 0.801. The van der Waals surface area contributed by atoms with Crippen LogP contribution in [0.1, 0.15) is 13.8 Å². The predicted molar refractivity (Wildman–Crippen MR) is 42.2 cm³/mol. The minimum Gasteiger partial charge on any atom is -0.481 e. The molecule has 0 fully saturated rings. The van der Waals surface area contributed by atoms with Gasteiger partial charge in [-0.05, 0) is 5.92 Å². The van der Waals surface area contributed by atoms with Crippen LogP contribution >= 0.6 is 0 Å². The topological polar surface area (TPSA) is 57.5 Å². The fourth-order valence-electron chi connectivity index (χ4n) is 0.801. The molecule has 0 saturated heterocycles. The SMILES string of the molecule is C=C[C@@H](C(=O)O)[C@@H](O)C(C)C. The Bertz CT molecular complexity index is 151. The van der Waals surface area contributed by atoms with Crippen molar-refractivity contribution in [2.75, 3.05) is 0 Å². The first kappa shape index (κ1) is 10.2. The molecule has 0 spiro atoms. The van der Waals surface area contributed by atoms with E-state index in [9.17, 15) is 9.90 Å². The van der Waals surface area contributed by atoms with Gasteiger partial charge < -0.3 is 10.2 Å². The van der Waals surface area contributed by atoms with Crippen LogP contribution in [0.2, 0.25) is 0 Å². The zero-order valence-electron chi connectivity index (χ0n) is 6.82. The third kappa shape index (κ3) is 2.72. The van der Waals surface area contributed by atoms with E-state index in [-0.39, 0.29) is 5.92 Å². The molecule has 2 atom stereocenters. The van der Waals surface area contributed by atoms with E-state index >= 15 is 0 Å². The molecule has 0 saturated carbocycles. The summed E-state index contributed by atoms with van der Waals surface area (Å²) in [6.07, 6.45) is 0.414. The van der Waals surface area contributed by atoms with E-state index in [1.54, 1.807) is 13.8 Å². The average molecular weight is 158 g/mol.